The van der Waals surface area contributed by atoms with Gasteiger partial charge in [-0.15, -0.1) is 0 Å². The average molecular weight is 329 g/mol. The van der Waals surface area contributed by atoms with Gasteiger partial charge in [-0.05, 0) is 37.0 Å². The number of nitrogens with two attached hydrogens (primary N) is 2. The van der Waals surface area contributed by atoms with Gasteiger partial charge in [0.2, 0.25) is 11.9 Å². The number of nitrogen functional groups attached to an aromatic ring is 2. The molecule has 0 radical (unpaired) electrons. The van der Waals surface area contributed by atoms with Crippen molar-refractivity contribution in [1.82, 2.24) is 14.9 Å². The molecule has 6 nitrogen and oxygen atoms in total. The number of nitrogens with zero attached hydrogens (tertiary/aromatic N) is 3. The summed E-state index contributed by atoms with van der Waals surface area (Å²) in [4.78, 5) is 22.2. The Labute approximate surface area is 139 Å². The fourth-order valence-electron chi connectivity index (χ4n) is 3.19. The molecule has 1 aromatic carbocycles. The van der Waals surface area contributed by atoms with Gasteiger partial charge in [0.25, 0.3) is 0 Å². The predicted molar refractivity (Wildman–Crippen MR) is 89.3 cm³/mol. The Morgan fingerprint density at radius 3 is 2.67 bits per heavy atom. The van der Waals surface area contributed by atoms with E-state index in [0.717, 1.165) is 23.2 Å². The van der Waals surface area contributed by atoms with Crippen LogP contribution in [0.15, 0.2) is 24.3 Å². The van der Waals surface area contributed by atoms with Crippen LogP contribution in [0.5, 0.6) is 0 Å². The molecule has 7 heteroatoms. The molecule has 0 saturated carbocycles. The number of hydrogen-bond acceptors (Lipinski definition) is 5. The van der Waals surface area contributed by atoms with E-state index in [1.807, 2.05) is 0 Å². The predicted octanol–water partition coefficient (Wildman–Crippen LogP) is 1.69. The number of carbonyl (C=O) groups excluding carboxylic acids is 1. The van der Waals surface area contributed by atoms with Crippen LogP contribution in [-0.4, -0.2) is 26.8 Å². The van der Waals surface area contributed by atoms with Gasteiger partial charge < -0.3 is 16.4 Å². The molecule has 126 valence electrons. The molecule has 1 aliphatic rings. The zero-order chi connectivity index (χ0) is 17.3. The van der Waals surface area contributed by atoms with Crippen molar-refractivity contribution >= 4 is 17.7 Å². The molecule has 1 heterocycles. The summed E-state index contributed by atoms with van der Waals surface area (Å²) in [6.45, 7) is 1.98. The van der Waals surface area contributed by atoms with Gasteiger partial charge in [0.1, 0.15) is 11.6 Å². The molecule has 3 rings (SSSR count). The summed E-state index contributed by atoms with van der Waals surface area (Å²) < 4.78 is 13.1. The van der Waals surface area contributed by atoms with Crippen molar-refractivity contribution in [2.45, 2.75) is 38.8 Å². The topological polar surface area (TPSA) is 98.1 Å². The third-order valence-corrected chi connectivity index (χ3v) is 4.41. The van der Waals surface area contributed by atoms with Gasteiger partial charge in [0, 0.05) is 25.1 Å². The van der Waals surface area contributed by atoms with Crippen molar-refractivity contribution in [2.75, 3.05) is 11.5 Å². The van der Waals surface area contributed by atoms with Crippen LogP contribution >= 0.6 is 0 Å². The first-order valence-corrected chi connectivity index (χ1v) is 7.86. The Bertz CT molecular complexity index is 762. The second kappa shape index (κ2) is 6.43. The SMILES string of the molecule is CC(=O)N(Cc1ccc(F)cc1)C1CCc2nc(N)nc(N)c2C1. The third-order valence-electron chi connectivity index (χ3n) is 4.41. The fourth-order valence-corrected chi connectivity index (χ4v) is 3.19. The number of amides is 1. The minimum absolute atomic E-state index is 0.00887. The Morgan fingerprint density at radius 1 is 1.29 bits per heavy atom. The second-order valence-corrected chi connectivity index (χ2v) is 6.06. The highest BCUT2D eigenvalue weighted by Crippen LogP contribution is 2.28. The second-order valence-electron chi connectivity index (χ2n) is 6.06. The fraction of sp³-hybridized carbons (Fsp3) is 0.353. The zero-order valence-corrected chi connectivity index (χ0v) is 13.5. The third kappa shape index (κ3) is 3.29. The number of aromatic nitrogens is 2. The van der Waals surface area contributed by atoms with Crippen LogP contribution < -0.4 is 11.5 Å². The first-order valence-electron chi connectivity index (χ1n) is 7.86. The van der Waals surface area contributed by atoms with E-state index in [2.05, 4.69) is 9.97 Å². The zero-order valence-electron chi connectivity index (χ0n) is 13.5. The highest BCUT2D eigenvalue weighted by atomic mass is 19.1. The molecule has 1 amide bonds. The number of benzene rings is 1. The Morgan fingerprint density at radius 2 is 2.00 bits per heavy atom. The number of carbonyl (C=O) groups is 1. The molecule has 0 spiro atoms. The summed E-state index contributed by atoms with van der Waals surface area (Å²) in [5.41, 5.74) is 14.2. The van der Waals surface area contributed by atoms with E-state index in [1.54, 1.807) is 24.0 Å². The van der Waals surface area contributed by atoms with Gasteiger partial charge in [-0.25, -0.2) is 9.37 Å². The van der Waals surface area contributed by atoms with Crippen LogP contribution in [-0.2, 0) is 24.2 Å². The van der Waals surface area contributed by atoms with E-state index >= 15 is 0 Å². The van der Waals surface area contributed by atoms with Crippen molar-refractivity contribution in [3.8, 4) is 0 Å². The van der Waals surface area contributed by atoms with Crippen molar-refractivity contribution in [1.29, 1.82) is 0 Å². The van der Waals surface area contributed by atoms with Crippen LogP contribution in [0, 0.1) is 5.82 Å². The largest absolute Gasteiger partial charge is 0.383 e. The summed E-state index contributed by atoms with van der Waals surface area (Å²) in [5, 5.41) is 0. The maximum Gasteiger partial charge on any atom is 0.222 e. The smallest absolute Gasteiger partial charge is 0.222 e. The molecule has 1 atom stereocenters. The van der Waals surface area contributed by atoms with Gasteiger partial charge in [-0.1, -0.05) is 12.1 Å². The van der Waals surface area contributed by atoms with Crippen molar-refractivity contribution in [3.05, 3.63) is 46.9 Å². The lowest BCUT2D eigenvalue weighted by Gasteiger charge is -2.34. The van der Waals surface area contributed by atoms with E-state index in [9.17, 15) is 9.18 Å². The molecule has 0 aliphatic heterocycles. The highest BCUT2D eigenvalue weighted by Gasteiger charge is 2.28. The standard InChI is InChI=1S/C17H20FN5O/c1-10(24)23(9-11-2-4-12(18)5-3-11)13-6-7-15-14(8-13)16(19)22-17(20)21-15/h2-5,13H,6-9H2,1H3,(H4,19,20,21,22). The molecular formula is C17H20FN5O. The molecule has 0 fully saturated rings. The van der Waals surface area contributed by atoms with Crippen LogP contribution in [0.1, 0.15) is 30.2 Å². The van der Waals surface area contributed by atoms with Crippen LogP contribution in [0.3, 0.4) is 0 Å². The normalized spacial score (nSPS) is 16.5. The summed E-state index contributed by atoms with van der Waals surface area (Å²) in [6.07, 6.45) is 2.08. The monoisotopic (exact) mass is 329 g/mol. The Kier molecular flexibility index (Phi) is 4.33. The van der Waals surface area contributed by atoms with Crippen LogP contribution in [0.25, 0.3) is 0 Å². The number of hydrogen-bond donors (Lipinski definition) is 2. The molecule has 0 bridgehead atoms. The van der Waals surface area contributed by atoms with Crippen molar-refractivity contribution in [2.24, 2.45) is 0 Å². The van der Waals surface area contributed by atoms with Gasteiger partial charge in [0.05, 0.1) is 5.69 Å². The van der Waals surface area contributed by atoms with Gasteiger partial charge in [-0.2, -0.15) is 4.98 Å². The van der Waals surface area contributed by atoms with Crippen molar-refractivity contribution in [3.63, 3.8) is 0 Å². The van der Waals surface area contributed by atoms with E-state index in [4.69, 9.17) is 11.5 Å². The lowest BCUT2D eigenvalue weighted by atomic mass is 9.90. The maximum atomic E-state index is 13.1. The molecule has 1 unspecified atom stereocenters. The number of anilines is 2. The van der Waals surface area contributed by atoms with Gasteiger partial charge in [0.15, 0.2) is 0 Å². The molecule has 0 saturated heterocycles. The van der Waals surface area contributed by atoms with Crippen LogP contribution in [0.4, 0.5) is 16.2 Å². The number of fused-ring (bicyclic) bond motifs is 1. The molecule has 24 heavy (non-hydrogen) atoms. The average Bonchev–Trinajstić information content (AvgIpc) is 2.54. The number of halogens is 1. The lowest BCUT2D eigenvalue weighted by molar-refractivity contribution is -0.132. The van der Waals surface area contributed by atoms with E-state index in [0.29, 0.717) is 25.2 Å². The summed E-state index contributed by atoms with van der Waals surface area (Å²) in [7, 11) is 0. The maximum absolute atomic E-state index is 13.1. The summed E-state index contributed by atoms with van der Waals surface area (Å²) >= 11 is 0. The minimum atomic E-state index is -0.290. The van der Waals surface area contributed by atoms with E-state index in [-0.39, 0.29) is 23.7 Å². The lowest BCUT2D eigenvalue weighted by Crippen LogP contribution is -2.42. The highest BCUT2D eigenvalue weighted by molar-refractivity contribution is 5.73. The van der Waals surface area contributed by atoms with Gasteiger partial charge >= 0.3 is 0 Å². The molecule has 1 aliphatic carbocycles. The number of rotatable bonds is 3. The Hall–Kier alpha value is -2.70. The van der Waals surface area contributed by atoms with E-state index < -0.39 is 0 Å². The van der Waals surface area contributed by atoms with Crippen LogP contribution in [0.2, 0.25) is 0 Å². The first-order chi connectivity index (χ1) is 11.4. The van der Waals surface area contributed by atoms with Crippen molar-refractivity contribution < 1.29 is 9.18 Å². The molecule has 2 aromatic rings. The first kappa shape index (κ1) is 16.2. The van der Waals surface area contributed by atoms with E-state index in [1.165, 1.54) is 12.1 Å². The summed E-state index contributed by atoms with van der Waals surface area (Å²) in [5.74, 6) is 0.247. The molecule has 4 N–H and O–H groups in total. The quantitative estimate of drug-likeness (QED) is 0.893. The molecular weight excluding hydrogens is 309 g/mol. The van der Waals surface area contributed by atoms with Gasteiger partial charge in [-0.3, -0.25) is 4.79 Å². The Balaban J connectivity index is 1.82. The molecule has 1 aromatic heterocycles. The number of aryl methyl sites for hydroxylation is 1. The summed E-state index contributed by atoms with van der Waals surface area (Å²) in [6, 6.07) is 6.20. The minimum Gasteiger partial charge on any atom is -0.383 e.